The van der Waals surface area contributed by atoms with Gasteiger partial charge in [-0.15, -0.1) is 0 Å². The van der Waals surface area contributed by atoms with Crippen molar-refractivity contribution in [2.45, 2.75) is 57.7 Å². The highest BCUT2D eigenvalue weighted by atomic mass is 15.3. The second-order valence-corrected chi connectivity index (χ2v) is 6.49. The molecule has 2 aliphatic heterocycles. The van der Waals surface area contributed by atoms with Crippen molar-refractivity contribution in [1.82, 2.24) is 15.1 Å². The Kier molecular flexibility index (Phi) is 4.11. The molecule has 2 saturated heterocycles. The zero-order chi connectivity index (χ0) is 12.5. The van der Waals surface area contributed by atoms with Crippen molar-refractivity contribution < 1.29 is 0 Å². The lowest BCUT2D eigenvalue weighted by Crippen LogP contribution is -2.50. The van der Waals surface area contributed by atoms with Gasteiger partial charge in [0.15, 0.2) is 0 Å². The molecule has 3 nitrogen and oxygen atoms in total. The molecule has 0 aromatic carbocycles. The summed E-state index contributed by atoms with van der Waals surface area (Å²) in [6.07, 6.45) is 4.18. The first kappa shape index (κ1) is 13.3. The number of hydrogen-bond acceptors (Lipinski definition) is 3. The van der Waals surface area contributed by atoms with Crippen LogP contribution in [0.1, 0.15) is 40.0 Å². The first-order valence-electron chi connectivity index (χ1n) is 7.21. The van der Waals surface area contributed by atoms with Crippen molar-refractivity contribution in [2.24, 2.45) is 0 Å². The van der Waals surface area contributed by atoms with Crippen LogP contribution >= 0.6 is 0 Å². The predicted molar refractivity (Wildman–Crippen MR) is 73.4 cm³/mol. The lowest BCUT2D eigenvalue weighted by Gasteiger charge is -2.34. The van der Waals surface area contributed by atoms with Crippen LogP contribution in [0.2, 0.25) is 0 Å². The topological polar surface area (TPSA) is 18.5 Å². The largest absolute Gasteiger partial charge is 0.311 e. The van der Waals surface area contributed by atoms with Crippen molar-refractivity contribution >= 4 is 0 Å². The molecule has 0 saturated carbocycles. The van der Waals surface area contributed by atoms with Gasteiger partial charge in [-0.25, -0.2) is 0 Å². The third-order valence-corrected chi connectivity index (χ3v) is 4.51. The van der Waals surface area contributed by atoms with Crippen LogP contribution in [-0.4, -0.2) is 60.6 Å². The first-order chi connectivity index (χ1) is 8.02. The predicted octanol–water partition coefficient (Wildman–Crippen LogP) is 1.54. The summed E-state index contributed by atoms with van der Waals surface area (Å²) in [6, 6.07) is 1.66. The Hall–Kier alpha value is -0.120. The third kappa shape index (κ3) is 3.21. The van der Waals surface area contributed by atoms with Crippen LogP contribution in [-0.2, 0) is 0 Å². The van der Waals surface area contributed by atoms with Gasteiger partial charge in [0.1, 0.15) is 0 Å². The number of nitrogens with zero attached hydrogens (tertiary/aromatic N) is 2. The number of likely N-dealkylation sites (N-methyl/N-ethyl adjacent to an activating group) is 2. The molecule has 2 rings (SSSR count). The van der Waals surface area contributed by atoms with Gasteiger partial charge < -0.3 is 5.32 Å². The number of hydrogen-bond donors (Lipinski definition) is 1. The zero-order valence-electron chi connectivity index (χ0n) is 12.0. The molecule has 0 amide bonds. The first-order valence-corrected chi connectivity index (χ1v) is 7.21. The van der Waals surface area contributed by atoms with Gasteiger partial charge in [0, 0.05) is 30.7 Å². The molecular formula is C14H29N3. The summed E-state index contributed by atoms with van der Waals surface area (Å²) in [5, 5.41) is 3.59. The SMILES string of the molecule is CCNC(C)(C)CN1CCC2CCC(C1)N2C. The molecule has 0 aromatic rings. The maximum absolute atomic E-state index is 3.59. The Morgan fingerprint density at radius 1 is 1.18 bits per heavy atom. The van der Waals surface area contributed by atoms with Crippen LogP contribution in [0, 0.1) is 0 Å². The Balaban J connectivity index is 1.91. The Bertz CT molecular complexity index is 252. The van der Waals surface area contributed by atoms with E-state index in [2.05, 4.69) is 42.9 Å². The fourth-order valence-electron chi connectivity index (χ4n) is 3.62. The third-order valence-electron chi connectivity index (χ3n) is 4.51. The van der Waals surface area contributed by atoms with Gasteiger partial charge in [0.2, 0.25) is 0 Å². The van der Waals surface area contributed by atoms with Crippen LogP contribution in [0.4, 0.5) is 0 Å². The molecule has 0 aromatic heterocycles. The summed E-state index contributed by atoms with van der Waals surface area (Å²) < 4.78 is 0. The molecule has 0 aliphatic carbocycles. The fraction of sp³-hybridized carbons (Fsp3) is 1.00. The summed E-state index contributed by atoms with van der Waals surface area (Å²) in [7, 11) is 2.32. The van der Waals surface area contributed by atoms with E-state index < -0.39 is 0 Å². The van der Waals surface area contributed by atoms with Gasteiger partial charge in [-0.3, -0.25) is 9.80 Å². The summed E-state index contributed by atoms with van der Waals surface area (Å²) in [5.41, 5.74) is 0.247. The van der Waals surface area contributed by atoms with E-state index in [4.69, 9.17) is 0 Å². The van der Waals surface area contributed by atoms with Crippen LogP contribution < -0.4 is 5.32 Å². The van der Waals surface area contributed by atoms with Crippen molar-refractivity contribution in [2.75, 3.05) is 33.2 Å². The number of rotatable bonds is 4. The molecule has 0 radical (unpaired) electrons. The van der Waals surface area contributed by atoms with Gasteiger partial charge >= 0.3 is 0 Å². The molecule has 3 heteroatoms. The van der Waals surface area contributed by atoms with E-state index in [0.29, 0.717) is 0 Å². The highest BCUT2D eigenvalue weighted by Gasteiger charge is 2.35. The van der Waals surface area contributed by atoms with E-state index in [-0.39, 0.29) is 5.54 Å². The molecule has 2 unspecified atom stereocenters. The molecule has 2 aliphatic rings. The maximum Gasteiger partial charge on any atom is 0.0252 e. The van der Waals surface area contributed by atoms with Gasteiger partial charge in [-0.2, -0.15) is 0 Å². The molecule has 2 fully saturated rings. The molecule has 2 atom stereocenters. The smallest absolute Gasteiger partial charge is 0.0252 e. The second kappa shape index (κ2) is 5.25. The number of nitrogens with one attached hydrogen (secondary N) is 1. The average Bonchev–Trinajstić information content (AvgIpc) is 2.46. The molecule has 17 heavy (non-hydrogen) atoms. The molecule has 1 N–H and O–H groups in total. The molecule has 2 heterocycles. The van der Waals surface area contributed by atoms with Gasteiger partial charge in [0.05, 0.1) is 0 Å². The van der Waals surface area contributed by atoms with Gasteiger partial charge in [-0.1, -0.05) is 6.92 Å². The minimum absolute atomic E-state index is 0.247. The van der Waals surface area contributed by atoms with E-state index in [1.54, 1.807) is 0 Å². The summed E-state index contributed by atoms with van der Waals surface area (Å²) in [5.74, 6) is 0. The molecule has 0 spiro atoms. The minimum Gasteiger partial charge on any atom is -0.311 e. The monoisotopic (exact) mass is 239 g/mol. The van der Waals surface area contributed by atoms with Crippen LogP contribution in [0.15, 0.2) is 0 Å². The minimum atomic E-state index is 0.247. The Morgan fingerprint density at radius 2 is 1.88 bits per heavy atom. The second-order valence-electron chi connectivity index (χ2n) is 6.49. The summed E-state index contributed by atoms with van der Waals surface area (Å²) >= 11 is 0. The average molecular weight is 239 g/mol. The number of fused-ring (bicyclic) bond motifs is 2. The van der Waals surface area contributed by atoms with Crippen LogP contribution in [0.5, 0.6) is 0 Å². The van der Waals surface area contributed by atoms with Gasteiger partial charge in [-0.05, 0) is 53.2 Å². The highest BCUT2D eigenvalue weighted by Crippen LogP contribution is 2.28. The van der Waals surface area contributed by atoms with Crippen molar-refractivity contribution in [1.29, 1.82) is 0 Å². The lowest BCUT2D eigenvalue weighted by atomic mass is 10.0. The molecule has 100 valence electrons. The Morgan fingerprint density at radius 3 is 2.59 bits per heavy atom. The highest BCUT2D eigenvalue weighted by molar-refractivity contribution is 4.93. The fourth-order valence-corrected chi connectivity index (χ4v) is 3.62. The van der Waals surface area contributed by atoms with Crippen molar-refractivity contribution in [3.8, 4) is 0 Å². The Labute approximate surface area is 107 Å². The van der Waals surface area contributed by atoms with E-state index in [1.165, 1.54) is 38.9 Å². The summed E-state index contributed by atoms with van der Waals surface area (Å²) in [6.45, 7) is 11.6. The maximum atomic E-state index is 3.59. The van der Waals surface area contributed by atoms with Crippen molar-refractivity contribution in [3.05, 3.63) is 0 Å². The van der Waals surface area contributed by atoms with E-state index >= 15 is 0 Å². The van der Waals surface area contributed by atoms with Crippen LogP contribution in [0.25, 0.3) is 0 Å². The number of likely N-dealkylation sites (tertiary alicyclic amines) is 1. The van der Waals surface area contributed by atoms with Crippen LogP contribution in [0.3, 0.4) is 0 Å². The quantitative estimate of drug-likeness (QED) is 0.803. The van der Waals surface area contributed by atoms with E-state index in [0.717, 1.165) is 18.6 Å². The summed E-state index contributed by atoms with van der Waals surface area (Å²) in [4.78, 5) is 5.29. The standard InChI is InChI=1S/C14H29N3/c1-5-15-14(2,3)11-17-9-8-12-6-7-13(10-17)16(12)4/h12-13,15H,5-11H2,1-4H3. The molecule has 2 bridgehead atoms. The lowest BCUT2D eigenvalue weighted by molar-refractivity contribution is 0.179. The normalized spacial score (nSPS) is 31.8. The zero-order valence-corrected chi connectivity index (χ0v) is 12.0. The van der Waals surface area contributed by atoms with Crippen molar-refractivity contribution in [3.63, 3.8) is 0 Å². The van der Waals surface area contributed by atoms with E-state index in [1.807, 2.05) is 0 Å². The molecular weight excluding hydrogens is 210 g/mol. The van der Waals surface area contributed by atoms with E-state index in [9.17, 15) is 0 Å². The van der Waals surface area contributed by atoms with Gasteiger partial charge in [0.25, 0.3) is 0 Å².